The molecule has 3 aromatic rings. The third-order valence-electron chi connectivity index (χ3n) is 3.27. The van der Waals surface area contributed by atoms with Crippen LogP contribution in [-0.4, -0.2) is 0 Å². The lowest BCUT2D eigenvalue weighted by Gasteiger charge is -1.93. The smallest absolute Gasteiger partial charge is 0.0449 e. The van der Waals surface area contributed by atoms with Crippen LogP contribution in [0.25, 0.3) is 19.5 Å². The number of thiophene rings is 3. The zero-order valence-corrected chi connectivity index (χ0v) is 14.3. The third kappa shape index (κ3) is 3.05. The molecule has 0 saturated carbocycles. The van der Waals surface area contributed by atoms with Gasteiger partial charge in [0.05, 0.1) is 0 Å². The van der Waals surface area contributed by atoms with Crippen molar-refractivity contribution in [3.8, 4) is 19.5 Å². The van der Waals surface area contributed by atoms with E-state index in [4.69, 9.17) is 0 Å². The first kappa shape index (κ1) is 14.1. The fourth-order valence-corrected chi connectivity index (χ4v) is 5.27. The molecule has 0 amide bonds. The molecular formula is C17H18S3. The van der Waals surface area contributed by atoms with Crippen molar-refractivity contribution in [1.29, 1.82) is 0 Å². The number of unbranched alkanes of at least 4 members (excludes halogenated alkanes) is 1. The Morgan fingerprint density at radius 1 is 0.750 bits per heavy atom. The monoisotopic (exact) mass is 318 g/mol. The Balaban J connectivity index is 1.81. The highest BCUT2D eigenvalue weighted by Crippen LogP contribution is 2.39. The van der Waals surface area contributed by atoms with Gasteiger partial charge in [-0.05, 0) is 56.2 Å². The van der Waals surface area contributed by atoms with Gasteiger partial charge in [-0.2, -0.15) is 0 Å². The highest BCUT2D eigenvalue weighted by Gasteiger charge is 2.08. The van der Waals surface area contributed by atoms with Crippen molar-refractivity contribution in [2.24, 2.45) is 0 Å². The van der Waals surface area contributed by atoms with E-state index in [0.717, 1.165) is 0 Å². The minimum absolute atomic E-state index is 1.23. The van der Waals surface area contributed by atoms with E-state index in [2.05, 4.69) is 50.2 Å². The molecule has 0 nitrogen and oxygen atoms in total. The fourth-order valence-electron chi connectivity index (χ4n) is 2.17. The second kappa shape index (κ2) is 6.25. The van der Waals surface area contributed by atoms with Crippen LogP contribution in [0.5, 0.6) is 0 Å². The molecule has 0 atom stereocenters. The molecule has 20 heavy (non-hydrogen) atoms. The Bertz CT molecular complexity index is 684. The number of hydrogen-bond donors (Lipinski definition) is 0. The van der Waals surface area contributed by atoms with Gasteiger partial charge in [-0.15, -0.1) is 34.0 Å². The van der Waals surface area contributed by atoms with Gasteiger partial charge in [0, 0.05) is 29.3 Å². The summed E-state index contributed by atoms with van der Waals surface area (Å²) in [4.78, 5) is 8.50. The molecule has 0 radical (unpaired) electrons. The van der Waals surface area contributed by atoms with Crippen LogP contribution < -0.4 is 0 Å². The Morgan fingerprint density at radius 2 is 1.35 bits per heavy atom. The van der Waals surface area contributed by atoms with Crippen LogP contribution in [0.3, 0.4) is 0 Å². The number of hydrogen-bond acceptors (Lipinski definition) is 3. The Hall–Kier alpha value is -0.900. The van der Waals surface area contributed by atoms with E-state index in [9.17, 15) is 0 Å². The Morgan fingerprint density at radius 3 is 2.00 bits per heavy atom. The average Bonchev–Trinajstić information content (AvgIpc) is 3.15. The van der Waals surface area contributed by atoms with Crippen LogP contribution in [0, 0.1) is 6.92 Å². The second-order valence-electron chi connectivity index (χ2n) is 4.94. The normalized spacial score (nSPS) is 11.1. The first-order valence-electron chi connectivity index (χ1n) is 7.02. The van der Waals surface area contributed by atoms with Crippen molar-refractivity contribution >= 4 is 34.0 Å². The first-order valence-corrected chi connectivity index (χ1v) is 9.47. The van der Waals surface area contributed by atoms with Crippen LogP contribution in [0.1, 0.15) is 29.5 Å². The van der Waals surface area contributed by atoms with Crippen LogP contribution >= 0.6 is 34.0 Å². The van der Waals surface area contributed by atoms with Gasteiger partial charge < -0.3 is 0 Å². The zero-order chi connectivity index (χ0) is 13.9. The molecule has 0 N–H and O–H groups in total. The fraction of sp³-hybridized carbons (Fsp3) is 0.294. The lowest BCUT2D eigenvalue weighted by molar-refractivity contribution is 0.804. The average molecular weight is 319 g/mol. The minimum Gasteiger partial charge on any atom is -0.140 e. The minimum atomic E-state index is 1.23. The Labute approximate surface area is 132 Å². The molecule has 3 rings (SSSR count). The topological polar surface area (TPSA) is 0 Å². The van der Waals surface area contributed by atoms with Gasteiger partial charge in [-0.25, -0.2) is 0 Å². The van der Waals surface area contributed by atoms with E-state index in [1.54, 1.807) is 0 Å². The molecule has 104 valence electrons. The molecule has 3 heteroatoms. The summed E-state index contributed by atoms with van der Waals surface area (Å²) in [5.41, 5.74) is 0. The Kier molecular flexibility index (Phi) is 4.39. The van der Waals surface area contributed by atoms with Crippen LogP contribution in [-0.2, 0) is 6.42 Å². The lowest BCUT2D eigenvalue weighted by Crippen LogP contribution is -1.76. The molecule has 0 saturated heterocycles. The highest BCUT2D eigenvalue weighted by molar-refractivity contribution is 7.26. The summed E-state index contributed by atoms with van der Waals surface area (Å²) >= 11 is 5.74. The molecule has 0 unspecified atom stereocenters. The summed E-state index contributed by atoms with van der Waals surface area (Å²) in [6.45, 7) is 4.42. The largest absolute Gasteiger partial charge is 0.140 e. The summed E-state index contributed by atoms with van der Waals surface area (Å²) in [5.74, 6) is 0. The maximum Gasteiger partial charge on any atom is 0.0449 e. The summed E-state index contributed by atoms with van der Waals surface area (Å²) in [5, 5.41) is 0. The van der Waals surface area contributed by atoms with E-state index in [-0.39, 0.29) is 0 Å². The SMILES string of the molecule is CCCCc1ccc(-c2ccc(-c3ccc(C)s3)s2)s1. The van der Waals surface area contributed by atoms with Crippen molar-refractivity contribution in [2.45, 2.75) is 33.1 Å². The summed E-state index contributed by atoms with van der Waals surface area (Å²) < 4.78 is 0. The van der Waals surface area contributed by atoms with Crippen molar-refractivity contribution in [1.82, 2.24) is 0 Å². The molecular weight excluding hydrogens is 300 g/mol. The maximum atomic E-state index is 2.30. The van der Waals surface area contributed by atoms with Crippen molar-refractivity contribution in [3.63, 3.8) is 0 Å². The van der Waals surface area contributed by atoms with E-state index in [1.807, 2.05) is 34.0 Å². The third-order valence-corrected chi connectivity index (χ3v) is 6.89. The second-order valence-corrected chi connectivity index (χ2v) is 8.48. The molecule has 0 aliphatic heterocycles. The van der Waals surface area contributed by atoms with Gasteiger partial charge in [0.2, 0.25) is 0 Å². The molecule has 0 spiro atoms. The van der Waals surface area contributed by atoms with E-state index < -0.39 is 0 Å². The molecule has 0 aliphatic carbocycles. The predicted octanol–water partition coefficient (Wildman–Crippen LogP) is 6.86. The van der Waals surface area contributed by atoms with Gasteiger partial charge >= 0.3 is 0 Å². The first-order chi connectivity index (χ1) is 9.76. The molecule has 3 aromatic heterocycles. The summed E-state index contributed by atoms with van der Waals surface area (Å²) in [7, 11) is 0. The molecule has 0 fully saturated rings. The molecule has 0 aromatic carbocycles. The zero-order valence-electron chi connectivity index (χ0n) is 11.8. The van der Waals surface area contributed by atoms with Crippen molar-refractivity contribution in [3.05, 3.63) is 46.2 Å². The van der Waals surface area contributed by atoms with Gasteiger partial charge in [0.15, 0.2) is 0 Å². The van der Waals surface area contributed by atoms with Crippen LogP contribution in [0.2, 0.25) is 0 Å². The van der Waals surface area contributed by atoms with Crippen LogP contribution in [0.15, 0.2) is 36.4 Å². The standard InChI is InChI=1S/C17H18S3/c1-3-4-5-13-7-9-15(19-13)17-11-10-16(20-17)14-8-6-12(2)18-14/h6-11H,3-5H2,1-2H3. The summed E-state index contributed by atoms with van der Waals surface area (Å²) in [6, 6.07) is 13.5. The summed E-state index contributed by atoms with van der Waals surface area (Å²) in [6.07, 6.45) is 3.79. The lowest BCUT2D eigenvalue weighted by atomic mass is 10.2. The quantitative estimate of drug-likeness (QED) is 0.482. The number of aryl methyl sites for hydroxylation is 2. The van der Waals surface area contributed by atoms with E-state index in [0.29, 0.717) is 0 Å². The van der Waals surface area contributed by atoms with Gasteiger partial charge in [0.25, 0.3) is 0 Å². The maximum absolute atomic E-state index is 2.30. The van der Waals surface area contributed by atoms with Crippen molar-refractivity contribution in [2.75, 3.05) is 0 Å². The van der Waals surface area contributed by atoms with Gasteiger partial charge in [-0.3, -0.25) is 0 Å². The van der Waals surface area contributed by atoms with E-state index >= 15 is 0 Å². The molecule has 3 heterocycles. The van der Waals surface area contributed by atoms with Gasteiger partial charge in [-0.1, -0.05) is 13.3 Å². The van der Waals surface area contributed by atoms with Crippen molar-refractivity contribution < 1.29 is 0 Å². The predicted molar refractivity (Wildman–Crippen MR) is 94.3 cm³/mol. The molecule has 0 aliphatic rings. The molecule has 0 bridgehead atoms. The highest BCUT2D eigenvalue weighted by atomic mass is 32.1. The van der Waals surface area contributed by atoms with E-state index in [1.165, 1.54) is 48.5 Å². The number of rotatable bonds is 5. The van der Waals surface area contributed by atoms with Gasteiger partial charge in [0.1, 0.15) is 0 Å². The van der Waals surface area contributed by atoms with Crippen LogP contribution in [0.4, 0.5) is 0 Å².